The maximum atomic E-state index is 12.4. The number of hydrogen-bond donors (Lipinski definition) is 1. The van der Waals surface area contributed by atoms with Crippen molar-refractivity contribution in [1.29, 1.82) is 0 Å². The van der Waals surface area contributed by atoms with Gasteiger partial charge in [0.25, 0.3) is 0 Å². The molecule has 3 nitrogen and oxygen atoms in total. The van der Waals surface area contributed by atoms with Crippen LogP contribution in [0.2, 0.25) is 0 Å². The first-order chi connectivity index (χ1) is 9.44. The van der Waals surface area contributed by atoms with Gasteiger partial charge in [-0.15, -0.1) is 0 Å². The average molecular weight is 289 g/mol. The van der Waals surface area contributed by atoms with E-state index in [-0.39, 0.29) is 6.54 Å². The van der Waals surface area contributed by atoms with Crippen molar-refractivity contribution < 1.29 is 13.2 Å². The minimum Gasteiger partial charge on any atom is -0.311 e. The molecule has 0 amide bonds. The van der Waals surface area contributed by atoms with Gasteiger partial charge in [0.2, 0.25) is 0 Å². The highest BCUT2D eigenvalue weighted by Crippen LogP contribution is 2.17. The summed E-state index contributed by atoms with van der Waals surface area (Å²) in [5, 5.41) is 3.23. The average Bonchev–Trinajstić information content (AvgIpc) is 2.37. The van der Waals surface area contributed by atoms with Crippen LogP contribution >= 0.6 is 0 Å². The van der Waals surface area contributed by atoms with Gasteiger partial charge in [0.05, 0.1) is 17.9 Å². The van der Waals surface area contributed by atoms with E-state index in [0.717, 1.165) is 18.7 Å². The van der Waals surface area contributed by atoms with Crippen LogP contribution in [0.1, 0.15) is 31.7 Å². The van der Waals surface area contributed by atoms with Crippen molar-refractivity contribution >= 4 is 0 Å². The molecule has 0 saturated carbocycles. The largest absolute Gasteiger partial charge is 0.401 e. The Morgan fingerprint density at radius 1 is 1.20 bits per heavy atom. The number of alkyl halides is 3. The van der Waals surface area contributed by atoms with Crippen LogP contribution in [0.15, 0.2) is 18.2 Å². The molecule has 0 spiro atoms. The lowest BCUT2D eigenvalue weighted by Crippen LogP contribution is -2.34. The molecule has 0 unspecified atom stereocenters. The molecule has 0 aliphatic heterocycles. The molecular weight excluding hydrogens is 267 g/mol. The van der Waals surface area contributed by atoms with Crippen LogP contribution in [0.5, 0.6) is 0 Å². The predicted octanol–water partition coefficient (Wildman–Crippen LogP) is 2.97. The summed E-state index contributed by atoms with van der Waals surface area (Å²) in [6, 6.07) is 5.49. The summed E-state index contributed by atoms with van der Waals surface area (Å²) in [5.41, 5.74) is 1.53. The topological polar surface area (TPSA) is 28.2 Å². The zero-order chi connectivity index (χ0) is 15.0. The van der Waals surface area contributed by atoms with Gasteiger partial charge in [-0.2, -0.15) is 13.2 Å². The fraction of sp³-hybridized carbons (Fsp3) is 0.643. The first kappa shape index (κ1) is 16.9. The highest BCUT2D eigenvalue weighted by Gasteiger charge is 2.30. The molecule has 114 valence electrons. The molecule has 0 atom stereocenters. The first-order valence-corrected chi connectivity index (χ1v) is 6.89. The number of rotatable bonds is 8. The van der Waals surface area contributed by atoms with Crippen LogP contribution in [0.25, 0.3) is 0 Å². The molecule has 0 fully saturated rings. The smallest absolute Gasteiger partial charge is 0.311 e. The zero-order valence-corrected chi connectivity index (χ0v) is 12.0. The third kappa shape index (κ3) is 6.86. The van der Waals surface area contributed by atoms with Crippen molar-refractivity contribution in [2.24, 2.45) is 0 Å². The van der Waals surface area contributed by atoms with Crippen molar-refractivity contribution in [3.63, 3.8) is 0 Å². The van der Waals surface area contributed by atoms with Crippen LogP contribution in [-0.2, 0) is 13.1 Å². The summed E-state index contributed by atoms with van der Waals surface area (Å²) in [4.78, 5) is 5.73. The minimum absolute atomic E-state index is 0.220. The van der Waals surface area contributed by atoms with Gasteiger partial charge < -0.3 is 5.32 Å². The lowest BCUT2D eigenvalue weighted by Gasteiger charge is -2.21. The lowest BCUT2D eigenvalue weighted by molar-refractivity contribution is -0.146. The van der Waals surface area contributed by atoms with E-state index in [1.54, 1.807) is 13.0 Å². The van der Waals surface area contributed by atoms with Gasteiger partial charge in [-0.05, 0) is 31.6 Å². The summed E-state index contributed by atoms with van der Waals surface area (Å²) in [6.07, 6.45) is -3.13. The normalized spacial score (nSPS) is 12.1. The van der Waals surface area contributed by atoms with Crippen LogP contribution in [0, 0.1) is 0 Å². The molecule has 0 aliphatic rings. The Morgan fingerprint density at radius 3 is 2.50 bits per heavy atom. The second kappa shape index (κ2) is 8.21. The van der Waals surface area contributed by atoms with Crippen molar-refractivity contribution in [2.45, 2.75) is 39.5 Å². The Balaban J connectivity index is 2.59. The summed E-state index contributed by atoms with van der Waals surface area (Å²) in [5.74, 6) is 0. The van der Waals surface area contributed by atoms with Gasteiger partial charge in [-0.25, -0.2) is 0 Å². The van der Waals surface area contributed by atoms with E-state index in [1.165, 1.54) is 4.90 Å². The van der Waals surface area contributed by atoms with E-state index >= 15 is 0 Å². The fourth-order valence-corrected chi connectivity index (χ4v) is 1.87. The van der Waals surface area contributed by atoms with Crippen molar-refractivity contribution in [2.75, 3.05) is 19.6 Å². The Kier molecular flexibility index (Phi) is 6.95. The Morgan fingerprint density at radius 2 is 1.90 bits per heavy atom. The molecule has 0 radical (unpaired) electrons. The SMILES string of the molecule is CCCNCc1cccc(CN(CC)CC(F)(F)F)n1. The number of nitrogens with one attached hydrogen (secondary N) is 1. The predicted molar refractivity (Wildman–Crippen MR) is 73.2 cm³/mol. The molecule has 0 saturated heterocycles. The van der Waals surface area contributed by atoms with Gasteiger partial charge in [0.15, 0.2) is 0 Å². The summed E-state index contributed by atoms with van der Waals surface area (Å²) >= 11 is 0. The molecule has 0 aliphatic carbocycles. The summed E-state index contributed by atoms with van der Waals surface area (Å²) in [6.45, 7) is 5.01. The van der Waals surface area contributed by atoms with Gasteiger partial charge in [0, 0.05) is 13.1 Å². The van der Waals surface area contributed by atoms with Gasteiger partial charge in [-0.3, -0.25) is 9.88 Å². The molecule has 0 aromatic carbocycles. The van der Waals surface area contributed by atoms with Crippen LogP contribution in [0.4, 0.5) is 13.2 Å². The minimum atomic E-state index is -4.17. The Labute approximate surface area is 118 Å². The number of hydrogen-bond acceptors (Lipinski definition) is 3. The highest BCUT2D eigenvalue weighted by molar-refractivity contribution is 5.11. The van der Waals surface area contributed by atoms with Gasteiger partial charge in [0.1, 0.15) is 0 Å². The zero-order valence-electron chi connectivity index (χ0n) is 12.0. The molecule has 1 heterocycles. The van der Waals surface area contributed by atoms with E-state index in [4.69, 9.17) is 0 Å². The molecule has 1 aromatic rings. The quantitative estimate of drug-likeness (QED) is 0.746. The number of aromatic nitrogens is 1. The van der Waals surface area contributed by atoms with Crippen molar-refractivity contribution in [3.8, 4) is 0 Å². The second-order valence-corrected chi connectivity index (χ2v) is 4.72. The fourth-order valence-electron chi connectivity index (χ4n) is 1.87. The molecule has 6 heteroatoms. The van der Waals surface area contributed by atoms with Crippen LogP contribution < -0.4 is 5.32 Å². The van der Waals surface area contributed by atoms with E-state index in [9.17, 15) is 13.2 Å². The van der Waals surface area contributed by atoms with Gasteiger partial charge in [-0.1, -0.05) is 19.9 Å². The standard InChI is InChI=1S/C14H22F3N3/c1-3-8-18-9-12-6-5-7-13(19-12)10-20(4-2)11-14(15,16)17/h5-7,18H,3-4,8-11H2,1-2H3. The Bertz CT molecular complexity index is 393. The van der Waals surface area contributed by atoms with E-state index in [1.807, 2.05) is 12.1 Å². The highest BCUT2D eigenvalue weighted by atomic mass is 19.4. The van der Waals surface area contributed by atoms with Crippen molar-refractivity contribution in [1.82, 2.24) is 15.2 Å². The third-order valence-corrected chi connectivity index (χ3v) is 2.83. The number of nitrogens with zero attached hydrogens (tertiary/aromatic N) is 2. The van der Waals surface area contributed by atoms with Crippen molar-refractivity contribution in [3.05, 3.63) is 29.6 Å². The third-order valence-electron chi connectivity index (χ3n) is 2.83. The number of pyridine rings is 1. The monoisotopic (exact) mass is 289 g/mol. The molecule has 1 aromatic heterocycles. The molecule has 1 rings (SSSR count). The Hall–Kier alpha value is -1.14. The molecule has 0 bridgehead atoms. The van der Waals surface area contributed by atoms with E-state index in [0.29, 0.717) is 18.8 Å². The summed E-state index contributed by atoms with van der Waals surface area (Å²) < 4.78 is 37.2. The maximum Gasteiger partial charge on any atom is 0.401 e. The van der Waals surface area contributed by atoms with E-state index in [2.05, 4.69) is 17.2 Å². The van der Waals surface area contributed by atoms with Gasteiger partial charge >= 0.3 is 6.18 Å². The number of halogens is 3. The second-order valence-electron chi connectivity index (χ2n) is 4.72. The van der Waals surface area contributed by atoms with Crippen LogP contribution in [0.3, 0.4) is 0 Å². The lowest BCUT2D eigenvalue weighted by atomic mass is 10.2. The van der Waals surface area contributed by atoms with Crippen LogP contribution in [-0.4, -0.2) is 35.7 Å². The molecular formula is C14H22F3N3. The molecule has 20 heavy (non-hydrogen) atoms. The summed E-state index contributed by atoms with van der Waals surface area (Å²) in [7, 11) is 0. The van der Waals surface area contributed by atoms with E-state index < -0.39 is 12.7 Å². The maximum absolute atomic E-state index is 12.4. The first-order valence-electron chi connectivity index (χ1n) is 6.89. The molecule has 1 N–H and O–H groups in total.